The topological polar surface area (TPSA) is 365 Å². The number of nitrogens with one attached hydrogen (secondary N) is 4. The van der Waals surface area contributed by atoms with Crippen molar-refractivity contribution in [3.8, 4) is 34.5 Å². The summed E-state index contributed by atoms with van der Waals surface area (Å²) in [7, 11) is 2.92. The van der Waals surface area contributed by atoms with Gasteiger partial charge >= 0.3 is 0 Å². The average Bonchev–Trinajstić information content (AvgIpc) is 3.45. The fraction of sp³-hybridized carbons (Fsp3) is 0.603. The minimum absolute atomic E-state index is 0.0755. The maximum absolute atomic E-state index is 14.0. The van der Waals surface area contributed by atoms with E-state index in [0.717, 1.165) is 77.0 Å². The number of carbonyl (C=O) groups excluding carboxylic acids is 5. The minimum Gasteiger partial charge on any atom is -0.496 e. The van der Waals surface area contributed by atoms with Crippen LogP contribution >= 0.6 is 0 Å². The molecule has 2 aliphatic carbocycles. The van der Waals surface area contributed by atoms with Crippen molar-refractivity contribution in [2.45, 2.75) is 159 Å². The Hall–Kier alpha value is -6.43. The molecule has 5 rings (SSSR count). The van der Waals surface area contributed by atoms with Gasteiger partial charge in [-0.2, -0.15) is 0 Å². The number of benzene rings is 3. The predicted octanol–water partition coefficient (Wildman–Crippen LogP) is 4.73. The fourth-order valence-corrected chi connectivity index (χ4v) is 9.96. The average molecular weight is 1120 g/mol. The highest BCUT2D eigenvalue weighted by molar-refractivity contribution is 6.04. The molecule has 1 unspecified atom stereocenters. The van der Waals surface area contributed by atoms with Gasteiger partial charge < -0.3 is 83.9 Å². The molecular formula is C58H90N10O12. The third kappa shape index (κ3) is 20.0. The summed E-state index contributed by atoms with van der Waals surface area (Å²) in [6.45, 7) is 3.63. The van der Waals surface area contributed by atoms with Gasteiger partial charge in [-0.3, -0.25) is 29.3 Å². The molecule has 1 atom stereocenters. The number of hydrogen-bond acceptors (Lipinski definition) is 17. The van der Waals surface area contributed by atoms with E-state index in [1.807, 2.05) is 0 Å². The summed E-state index contributed by atoms with van der Waals surface area (Å²) in [5.41, 5.74) is 35.2. The van der Waals surface area contributed by atoms with Crippen molar-refractivity contribution in [3.63, 3.8) is 0 Å². The highest BCUT2D eigenvalue weighted by atomic mass is 16.5. The van der Waals surface area contributed by atoms with Crippen LogP contribution in [0.1, 0.15) is 192 Å². The van der Waals surface area contributed by atoms with Crippen LogP contribution in [0, 0.1) is 0 Å². The number of amides is 5. The number of methoxy groups -OCH3 is 2. The Morgan fingerprint density at radius 2 is 0.725 bits per heavy atom. The Bertz CT molecular complexity index is 2450. The highest BCUT2D eigenvalue weighted by Crippen LogP contribution is 2.36. The number of aliphatic hydroxyl groups excluding tert-OH is 1. The molecule has 5 amide bonds. The second-order valence-corrected chi connectivity index (χ2v) is 20.6. The lowest BCUT2D eigenvalue weighted by Gasteiger charge is -2.32. The second kappa shape index (κ2) is 34.7. The molecule has 0 saturated heterocycles. The predicted molar refractivity (Wildman–Crippen MR) is 306 cm³/mol. The molecule has 22 heteroatoms. The second-order valence-electron chi connectivity index (χ2n) is 20.6. The van der Waals surface area contributed by atoms with Crippen molar-refractivity contribution in [2.75, 3.05) is 66.8 Å². The third-order valence-corrected chi connectivity index (χ3v) is 14.6. The first-order valence-electron chi connectivity index (χ1n) is 28.6. The van der Waals surface area contributed by atoms with E-state index in [2.05, 4.69) is 21.3 Å². The van der Waals surface area contributed by atoms with Crippen molar-refractivity contribution in [1.82, 2.24) is 21.3 Å². The van der Waals surface area contributed by atoms with Crippen molar-refractivity contribution < 1.29 is 57.5 Å². The van der Waals surface area contributed by atoms with Crippen LogP contribution in [0.5, 0.6) is 34.5 Å². The van der Waals surface area contributed by atoms with E-state index in [4.69, 9.17) is 62.8 Å². The van der Waals surface area contributed by atoms with Gasteiger partial charge in [-0.25, -0.2) is 0 Å². The first-order valence-corrected chi connectivity index (χ1v) is 28.6. The molecule has 0 bridgehead atoms. The lowest BCUT2D eigenvalue weighted by Crippen LogP contribution is -2.44. The van der Waals surface area contributed by atoms with Gasteiger partial charge in [0.25, 0.3) is 29.5 Å². The number of ether oxygens (including phenoxy) is 6. The molecule has 0 radical (unpaired) electrons. The van der Waals surface area contributed by atoms with Crippen molar-refractivity contribution >= 4 is 29.5 Å². The van der Waals surface area contributed by atoms with E-state index in [0.29, 0.717) is 115 Å². The number of carbonyl (C=O) groups is 5. The molecule has 2 aliphatic rings. The number of primary amides is 2. The number of nitrogens with two attached hydrogens (primary N) is 6. The van der Waals surface area contributed by atoms with Crippen molar-refractivity contribution in [3.05, 3.63) is 69.8 Å². The fourth-order valence-electron chi connectivity index (χ4n) is 9.96. The summed E-state index contributed by atoms with van der Waals surface area (Å²) in [5, 5.41) is 24.3. The van der Waals surface area contributed by atoms with Crippen LogP contribution in [0.2, 0.25) is 0 Å². The summed E-state index contributed by atoms with van der Waals surface area (Å²) < 4.78 is 35.5. The van der Waals surface area contributed by atoms with Gasteiger partial charge in [0, 0.05) is 47.9 Å². The van der Waals surface area contributed by atoms with Crippen LogP contribution < -0.4 is 84.1 Å². The number of rotatable bonds is 37. The van der Waals surface area contributed by atoms with Gasteiger partial charge in [0.2, 0.25) is 0 Å². The highest BCUT2D eigenvalue weighted by Gasteiger charge is 2.31. The Morgan fingerprint density at radius 1 is 0.425 bits per heavy atom. The van der Waals surface area contributed by atoms with E-state index in [1.165, 1.54) is 26.4 Å². The maximum atomic E-state index is 14.0. The molecule has 2 fully saturated rings. The Balaban J connectivity index is 1.19. The summed E-state index contributed by atoms with van der Waals surface area (Å²) in [4.78, 5) is 67.1. The molecule has 2 saturated carbocycles. The summed E-state index contributed by atoms with van der Waals surface area (Å²) in [5.74, 6) is -1.07. The molecular weight excluding hydrogens is 1030 g/mol. The summed E-state index contributed by atoms with van der Waals surface area (Å²) in [6, 6.07) is 8.30. The molecule has 3 aromatic rings. The quantitative estimate of drug-likeness (QED) is 0.0275. The van der Waals surface area contributed by atoms with E-state index >= 15 is 0 Å². The van der Waals surface area contributed by atoms with Crippen molar-refractivity contribution in [2.24, 2.45) is 34.4 Å². The molecule has 0 heterocycles. The van der Waals surface area contributed by atoms with Crippen LogP contribution in [0.4, 0.5) is 0 Å². The van der Waals surface area contributed by atoms with Gasteiger partial charge in [0.15, 0.2) is 0 Å². The molecule has 0 aromatic heterocycles. The van der Waals surface area contributed by atoms with Gasteiger partial charge in [-0.1, -0.05) is 0 Å². The van der Waals surface area contributed by atoms with Crippen LogP contribution in [0.15, 0.2) is 36.4 Å². The number of aliphatic hydroxyl groups is 1. The molecule has 444 valence electrons. The van der Waals surface area contributed by atoms with Crippen LogP contribution in [0.3, 0.4) is 0 Å². The zero-order valence-corrected chi connectivity index (χ0v) is 47.1. The summed E-state index contributed by atoms with van der Waals surface area (Å²) in [6.07, 6.45) is 13.1. The SMILES string of the molecule is COc1cc(OC)c(C(O)NC2CCC(NC(=O)c3cc(C(N)=O)c(OCCCCCN)cc3OCCCCCN)CC2)cc1C(=O)NC1CCC(NC(=O)c2cc(C(N)=O)c(OCCCCCN)cc2OCCCCCN)CC1. The molecule has 0 aliphatic heterocycles. The monoisotopic (exact) mass is 1120 g/mol. The smallest absolute Gasteiger partial charge is 0.255 e. The lowest BCUT2D eigenvalue weighted by atomic mass is 9.90. The number of unbranched alkanes of at least 4 members (excludes halogenated alkanes) is 8. The zero-order valence-electron chi connectivity index (χ0n) is 47.1. The lowest BCUT2D eigenvalue weighted by molar-refractivity contribution is 0.0882. The molecule has 3 aromatic carbocycles. The molecule has 17 N–H and O–H groups in total. The molecule has 80 heavy (non-hydrogen) atoms. The first-order chi connectivity index (χ1) is 38.7. The Morgan fingerprint density at radius 3 is 1.04 bits per heavy atom. The van der Waals surface area contributed by atoms with Crippen LogP contribution in [0.25, 0.3) is 0 Å². The van der Waals surface area contributed by atoms with E-state index in [-0.39, 0.29) is 80.7 Å². The molecule has 0 spiro atoms. The molecule has 22 nitrogen and oxygen atoms in total. The zero-order chi connectivity index (χ0) is 57.8. The van der Waals surface area contributed by atoms with E-state index in [9.17, 15) is 29.1 Å². The largest absolute Gasteiger partial charge is 0.496 e. The maximum Gasteiger partial charge on any atom is 0.255 e. The van der Waals surface area contributed by atoms with Gasteiger partial charge in [-0.05, 0) is 173 Å². The van der Waals surface area contributed by atoms with Crippen molar-refractivity contribution in [1.29, 1.82) is 0 Å². The first kappa shape index (κ1) is 64.4. The Kier molecular flexibility index (Phi) is 27.9. The van der Waals surface area contributed by atoms with E-state index < -0.39 is 35.8 Å². The van der Waals surface area contributed by atoms with Gasteiger partial charge in [0.1, 0.15) is 40.7 Å². The standard InChI is InChI=1S/C58H90N10O12/c1-75-47-34-48(76-2)44(56(72)66-38-17-21-40(22-18-38)68-58(74)46-32-42(54(64)70)50(78-28-12-4-8-24-60)36-52(46)80-30-14-6-10-26-62)33-43(47)55(71)65-37-15-19-39(20-16-37)67-57(73)45-31-41(53(63)69)49(77-27-11-3-7-23-59)35-51(45)79-29-13-5-9-25-61/h31-40,55,65,71H,3-30,59-62H2,1-2H3,(H2,63,69)(H2,64,70)(H,66,72)(H,67,73)(H,68,74). The van der Waals surface area contributed by atoms with Gasteiger partial charge in [0.05, 0.1) is 68.5 Å². The normalized spacial score (nSPS) is 17.4. The van der Waals surface area contributed by atoms with Gasteiger partial charge in [-0.15, -0.1) is 0 Å². The Labute approximate surface area is 471 Å². The van der Waals surface area contributed by atoms with Crippen LogP contribution in [-0.4, -0.2) is 126 Å². The van der Waals surface area contributed by atoms with E-state index in [1.54, 1.807) is 24.3 Å². The summed E-state index contributed by atoms with van der Waals surface area (Å²) >= 11 is 0. The van der Waals surface area contributed by atoms with Crippen LogP contribution in [-0.2, 0) is 0 Å². The number of hydrogen-bond donors (Lipinski definition) is 11. The minimum atomic E-state index is -1.23. The third-order valence-electron chi connectivity index (χ3n) is 14.6.